The van der Waals surface area contributed by atoms with Crippen LogP contribution in [0.25, 0.3) is 0 Å². The third-order valence-corrected chi connectivity index (χ3v) is 6.91. The number of fused-ring (bicyclic) bond motifs is 3. The Labute approximate surface area is 177 Å². The Morgan fingerprint density at radius 3 is 2.62 bits per heavy atom. The first kappa shape index (κ1) is 18.7. The molecule has 0 bridgehead atoms. The standard InChI is InChI=1S/C25H26ClNO2/c26-18-12-9-16(10-13-18)24-21-8-4-7-20(21)22-15-17(11-14-23(22)27-24)25(28)29-19-5-2-1-3-6-19/h4,7,9-15,19-21,24,27H,1-3,5-6,8H2/t20-,21-,24+/m1/s1. The maximum atomic E-state index is 12.7. The van der Waals surface area contributed by atoms with Crippen molar-refractivity contribution in [2.24, 2.45) is 5.92 Å². The number of carbonyl (C=O) groups is 1. The molecule has 0 saturated heterocycles. The van der Waals surface area contributed by atoms with Crippen molar-refractivity contribution >= 4 is 23.3 Å². The number of benzene rings is 2. The van der Waals surface area contributed by atoms with Crippen molar-refractivity contribution in [1.29, 1.82) is 0 Å². The van der Waals surface area contributed by atoms with E-state index in [1.165, 1.54) is 17.5 Å². The van der Waals surface area contributed by atoms with Crippen molar-refractivity contribution in [3.05, 3.63) is 76.3 Å². The van der Waals surface area contributed by atoms with Crippen LogP contribution in [0.5, 0.6) is 0 Å². The summed E-state index contributed by atoms with van der Waals surface area (Å²) in [5, 5.41) is 4.47. The first-order chi connectivity index (χ1) is 14.2. The number of ether oxygens (including phenoxy) is 1. The highest BCUT2D eigenvalue weighted by Crippen LogP contribution is 2.50. The summed E-state index contributed by atoms with van der Waals surface area (Å²) in [5.41, 5.74) is 4.22. The molecule has 0 unspecified atom stereocenters. The molecule has 29 heavy (non-hydrogen) atoms. The lowest BCUT2D eigenvalue weighted by molar-refractivity contribution is 0.0211. The minimum atomic E-state index is -0.182. The summed E-state index contributed by atoms with van der Waals surface area (Å²) in [6.45, 7) is 0. The van der Waals surface area contributed by atoms with Gasteiger partial charge in [0, 0.05) is 16.6 Å². The largest absolute Gasteiger partial charge is 0.459 e. The molecule has 1 N–H and O–H groups in total. The number of nitrogens with one attached hydrogen (secondary N) is 1. The zero-order valence-corrected chi connectivity index (χ0v) is 17.2. The van der Waals surface area contributed by atoms with Gasteiger partial charge in [-0.15, -0.1) is 0 Å². The number of carbonyl (C=O) groups excluding carboxylic acids is 1. The third kappa shape index (κ3) is 3.69. The highest BCUT2D eigenvalue weighted by atomic mass is 35.5. The number of esters is 1. The Kier molecular flexibility index (Phi) is 5.09. The molecule has 4 heteroatoms. The molecule has 2 aliphatic carbocycles. The van der Waals surface area contributed by atoms with Crippen LogP contribution in [-0.4, -0.2) is 12.1 Å². The first-order valence-electron chi connectivity index (χ1n) is 10.7. The van der Waals surface area contributed by atoms with Crippen LogP contribution >= 0.6 is 11.6 Å². The van der Waals surface area contributed by atoms with Crippen LogP contribution in [-0.2, 0) is 4.74 Å². The lowest BCUT2D eigenvalue weighted by atomic mass is 9.76. The molecule has 3 aliphatic rings. The lowest BCUT2D eigenvalue weighted by Crippen LogP contribution is -2.29. The van der Waals surface area contributed by atoms with Crippen LogP contribution in [0.2, 0.25) is 5.02 Å². The Morgan fingerprint density at radius 2 is 1.83 bits per heavy atom. The maximum absolute atomic E-state index is 12.7. The smallest absolute Gasteiger partial charge is 0.338 e. The quantitative estimate of drug-likeness (QED) is 0.456. The van der Waals surface area contributed by atoms with E-state index in [1.807, 2.05) is 30.3 Å². The van der Waals surface area contributed by atoms with Gasteiger partial charge in [-0.05, 0) is 79.5 Å². The molecule has 5 rings (SSSR count). The van der Waals surface area contributed by atoms with Gasteiger partial charge in [0.25, 0.3) is 0 Å². The second kappa shape index (κ2) is 7.87. The topological polar surface area (TPSA) is 38.3 Å². The predicted molar refractivity (Wildman–Crippen MR) is 117 cm³/mol. The third-order valence-electron chi connectivity index (χ3n) is 6.65. The average molecular weight is 408 g/mol. The molecule has 1 aliphatic heterocycles. The molecule has 1 fully saturated rings. The number of rotatable bonds is 3. The minimum Gasteiger partial charge on any atom is -0.459 e. The van der Waals surface area contributed by atoms with Gasteiger partial charge < -0.3 is 10.1 Å². The van der Waals surface area contributed by atoms with E-state index in [9.17, 15) is 4.79 Å². The molecule has 0 radical (unpaired) electrons. The Bertz CT molecular complexity index is 930. The summed E-state index contributed by atoms with van der Waals surface area (Å²) in [6.07, 6.45) is 11.2. The number of hydrogen-bond donors (Lipinski definition) is 1. The number of anilines is 1. The van der Waals surface area contributed by atoms with E-state index in [-0.39, 0.29) is 18.1 Å². The highest BCUT2D eigenvalue weighted by molar-refractivity contribution is 6.30. The molecule has 1 heterocycles. The number of halogens is 1. The first-order valence-corrected chi connectivity index (χ1v) is 11.1. The van der Waals surface area contributed by atoms with Crippen molar-refractivity contribution in [1.82, 2.24) is 0 Å². The van der Waals surface area contributed by atoms with Crippen LogP contribution in [0.4, 0.5) is 5.69 Å². The van der Waals surface area contributed by atoms with Crippen LogP contribution in [0, 0.1) is 5.92 Å². The van der Waals surface area contributed by atoms with Gasteiger partial charge in [0.1, 0.15) is 6.10 Å². The number of hydrogen-bond acceptors (Lipinski definition) is 3. The van der Waals surface area contributed by atoms with Gasteiger partial charge in [0.15, 0.2) is 0 Å². The van der Waals surface area contributed by atoms with Gasteiger partial charge in [0.05, 0.1) is 11.6 Å². The normalized spacial score (nSPS) is 25.8. The summed E-state index contributed by atoms with van der Waals surface area (Å²) in [6, 6.07) is 14.3. The molecular weight excluding hydrogens is 382 g/mol. The summed E-state index contributed by atoms with van der Waals surface area (Å²) in [7, 11) is 0. The van der Waals surface area contributed by atoms with Gasteiger partial charge >= 0.3 is 5.97 Å². The van der Waals surface area contributed by atoms with E-state index >= 15 is 0 Å². The molecular formula is C25H26ClNO2. The van der Waals surface area contributed by atoms with Gasteiger partial charge in [-0.1, -0.05) is 42.3 Å². The van der Waals surface area contributed by atoms with E-state index in [4.69, 9.17) is 16.3 Å². The van der Waals surface area contributed by atoms with Gasteiger partial charge in [-0.3, -0.25) is 0 Å². The molecule has 3 nitrogen and oxygen atoms in total. The molecule has 1 saturated carbocycles. The van der Waals surface area contributed by atoms with Crippen molar-refractivity contribution in [3.63, 3.8) is 0 Å². The van der Waals surface area contributed by atoms with Crippen LogP contribution in [0.3, 0.4) is 0 Å². The fourth-order valence-electron chi connectivity index (χ4n) is 5.12. The second-order valence-electron chi connectivity index (χ2n) is 8.49. The summed E-state index contributed by atoms with van der Waals surface area (Å²) in [5.74, 6) is 0.570. The molecule has 0 aromatic heterocycles. The van der Waals surface area contributed by atoms with E-state index in [0.717, 1.165) is 42.8 Å². The molecule has 3 atom stereocenters. The zero-order chi connectivity index (χ0) is 19.8. The SMILES string of the molecule is O=C(OC1CCCCC1)c1ccc2c(c1)[C@@H]1C=CC[C@H]1[C@H](c1ccc(Cl)cc1)N2. The Morgan fingerprint density at radius 1 is 1.03 bits per heavy atom. The molecule has 0 spiro atoms. The fraction of sp³-hybridized carbons (Fsp3) is 0.400. The molecule has 150 valence electrons. The van der Waals surface area contributed by atoms with Crippen molar-refractivity contribution in [2.75, 3.05) is 5.32 Å². The minimum absolute atomic E-state index is 0.0822. The highest BCUT2D eigenvalue weighted by Gasteiger charge is 2.38. The summed E-state index contributed by atoms with van der Waals surface area (Å²) >= 11 is 6.08. The van der Waals surface area contributed by atoms with E-state index in [1.54, 1.807) is 0 Å². The summed E-state index contributed by atoms with van der Waals surface area (Å²) in [4.78, 5) is 12.7. The number of allylic oxidation sites excluding steroid dienone is 2. The van der Waals surface area contributed by atoms with Crippen molar-refractivity contribution in [2.45, 2.75) is 56.6 Å². The Balaban J connectivity index is 1.41. The van der Waals surface area contributed by atoms with Gasteiger partial charge in [-0.2, -0.15) is 0 Å². The van der Waals surface area contributed by atoms with Gasteiger partial charge in [0.2, 0.25) is 0 Å². The average Bonchev–Trinajstić information content (AvgIpc) is 3.24. The van der Waals surface area contributed by atoms with Crippen molar-refractivity contribution < 1.29 is 9.53 Å². The molecule has 0 amide bonds. The molecule has 2 aromatic carbocycles. The zero-order valence-electron chi connectivity index (χ0n) is 16.4. The van der Waals surface area contributed by atoms with Crippen LogP contribution in [0.15, 0.2) is 54.6 Å². The van der Waals surface area contributed by atoms with E-state index in [2.05, 4.69) is 29.6 Å². The lowest BCUT2D eigenvalue weighted by Gasteiger charge is -2.37. The monoisotopic (exact) mass is 407 g/mol. The summed E-state index contributed by atoms with van der Waals surface area (Å²) < 4.78 is 5.79. The fourth-order valence-corrected chi connectivity index (χ4v) is 5.25. The van der Waals surface area contributed by atoms with E-state index < -0.39 is 0 Å². The van der Waals surface area contributed by atoms with Crippen LogP contribution in [0.1, 0.15) is 72.0 Å². The van der Waals surface area contributed by atoms with E-state index in [0.29, 0.717) is 17.4 Å². The Hall–Kier alpha value is -2.26. The molecule has 2 aromatic rings. The van der Waals surface area contributed by atoms with Crippen LogP contribution < -0.4 is 5.32 Å². The second-order valence-corrected chi connectivity index (χ2v) is 8.93. The van der Waals surface area contributed by atoms with Crippen molar-refractivity contribution in [3.8, 4) is 0 Å². The predicted octanol–water partition coefficient (Wildman–Crippen LogP) is 6.66. The maximum Gasteiger partial charge on any atom is 0.338 e. The van der Waals surface area contributed by atoms with Gasteiger partial charge in [-0.25, -0.2) is 4.79 Å².